The fraction of sp³-hybridized carbons (Fsp3) is 0.867. The predicted octanol–water partition coefficient (Wildman–Crippen LogP) is 3.27. The van der Waals surface area contributed by atoms with Gasteiger partial charge in [0.2, 0.25) is 0 Å². The Morgan fingerprint density at radius 3 is 2.61 bits per heavy atom. The lowest BCUT2D eigenvalue weighted by molar-refractivity contribution is -0.0783. The third-order valence-corrected chi connectivity index (χ3v) is 6.57. The van der Waals surface area contributed by atoms with Gasteiger partial charge in [0.1, 0.15) is 0 Å². The van der Waals surface area contributed by atoms with Crippen molar-refractivity contribution in [2.45, 2.75) is 69.6 Å². The molecule has 2 nitrogen and oxygen atoms in total. The standard InChI is InChI=1S/C15H23ClO2/c1-9-5-6-11-13(2,3)15(9)7-10(16)14(4,17)8-12(15)18-11/h10-12,17H,1,5-8H2,2-4H3/t10-,11+,12+,14-,15+/m1/s1. The molecule has 3 aliphatic rings. The molecule has 3 rings (SSSR count). The van der Waals surface area contributed by atoms with Crippen LogP contribution in [0.1, 0.15) is 46.5 Å². The monoisotopic (exact) mass is 270 g/mol. The van der Waals surface area contributed by atoms with Crippen LogP contribution in [0.25, 0.3) is 0 Å². The molecule has 3 heteroatoms. The first kappa shape index (κ1) is 13.0. The van der Waals surface area contributed by atoms with Crippen LogP contribution in [0, 0.1) is 10.8 Å². The normalized spacial score (nSPS) is 54.3. The smallest absolute Gasteiger partial charge is 0.0807 e. The van der Waals surface area contributed by atoms with Gasteiger partial charge < -0.3 is 9.84 Å². The van der Waals surface area contributed by atoms with Gasteiger partial charge in [-0.2, -0.15) is 0 Å². The quantitative estimate of drug-likeness (QED) is 0.541. The largest absolute Gasteiger partial charge is 0.389 e. The van der Waals surface area contributed by atoms with E-state index < -0.39 is 5.60 Å². The van der Waals surface area contributed by atoms with Crippen molar-refractivity contribution in [3.05, 3.63) is 12.2 Å². The SMILES string of the molecule is C=C1CC[C@@H]2O[C@H]3C[C@@](C)(O)[C@H](Cl)C[C@]13C2(C)C. The molecule has 2 bridgehead atoms. The molecule has 5 atom stereocenters. The van der Waals surface area contributed by atoms with Crippen LogP contribution in [0.2, 0.25) is 0 Å². The molecule has 1 aliphatic heterocycles. The van der Waals surface area contributed by atoms with E-state index >= 15 is 0 Å². The summed E-state index contributed by atoms with van der Waals surface area (Å²) in [5.74, 6) is 0. The van der Waals surface area contributed by atoms with E-state index in [4.69, 9.17) is 16.3 Å². The van der Waals surface area contributed by atoms with Gasteiger partial charge in [-0.15, -0.1) is 11.6 Å². The Balaban J connectivity index is 2.08. The van der Waals surface area contributed by atoms with E-state index in [9.17, 15) is 5.11 Å². The van der Waals surface area contributed by atoms with E-state index in [0.717, 1.165) is 19.3 Å². The van der Waals surface area contributed by atoms with Crippen molar-refractivity contribution in [2.24, 2.45) is 10.8 Å². The van der Waals surface area contributed by atoms with E-state index in [1.165, 1.54) is 5.57 Å². The summed E-state index contributed by atoms with van der Waals surface area (Å²) in [5.41, 5.74) is 0.499. The van der Waals surface area contributed by atoms with Crippen molar-refractivity contribution < 1.29 is 9.84 Å². The minimum Gasteiger partial charge on any atom is -0.389 e. The van der Waals surface area contributed by atoms with Crippen LogP contribution in [0.4, 0.5) is 0 Å². The van der Waals surface area contributed by atoms with Crippen LogP contribution in [0.3, 0.4) is 0 Å². The van der Waals surface area contributed by atoms with Gasteiger partial charge in [0.15, 0.2) is 0 Å². The third kappa shape index (κ3) is 1.32. The van der Waals surface area contributed by atoms with E-state index in [2.05, 4.69) is 20.4 Å². The van der Waals surface area contributed by atoms with Crippen LogP contribution in [0.5, 0.6) is 0 Å². The maximum absolute atomic E-state index is 10.4. The highest BCUT2D eigenvalue weighted by Gasteiger charge is 2.68. The zero-order chi connectivity index (χ0) is 13.3. The zero-order valence-electron chi connectivity index (χ0n) is 11.5. The van der Waals surface area contributed by atoms with Gasteiger partial charge in [-0.25, -0.2) is 0 Å². The molecule has 0 unspecified atom stereocenters. The van der Waals surface area contributed by atoms with E-state index in [0.29, 0.717) is 6.42 Å². The Bertz CT molecular complexity index is 401. The highest BCUT2D eigenvalue weighted by atomic mass is 35.5. The summed E-state index contributed by atoms with van der Waals surface area (Å²) < 4.78 is 6.27. The molecule has 1 heterocycles. The average molecular weight is 271 g/mol. The van der Waals surface area contributed by atoms with Gasteiger partial charge in [-0.1, -0.05) is 26.0 Å². The van der Waals surface area contributed by atoms with Crippen LogP contribution >= 0.6 is 11.6 Å². The summed E-state index contributed by atoms with van der Waals surface area (Å²) in [5, 5.41) is 10.2. The lowest BCUT2D eigenvalue weighted by Crippen LogP contribution is -2.57. The minimum absolute atomic E-state index is 0.0371. The molecule has 0 amide bonds. The second-order valence-electron chi connectivity index (χ2n) is 7.18. The minimum atomic E-state index is -0.828. The molecule has 1 N–H and O–H groups in total. The van der Waals surface area contributed by atoms with Gasteiger partial charge in [0, 0.05) is 17.3 Å². The summed E-state index contributed by atoms with van der Waals surface area (Å²) in [6.07, 6.45) is 3.87. The van der Waals surface area contributed by atoms with Crippen molar-refractivity contribution >= 4 is 11.6 Å². The molecule has 1 spiro atoms. The number of hydrogen-bond acceptors (Lipinski definition) is 2. The summed E-state index contributed by atoms with van der Waals surface area (Å²) in [4.78, 5) is 0. The van der Waals surface area contributed by atoms with E-state index in [1.54, 1.807) is 0 Å². The van der Waals surface area contributed by atoms with Gasteiger partial charge >= 0.3 is 0 Å². The number of hydrogen-bond donors (Lipinski definition) is 1. The molecule has 102 valence electrons. The number of halogens is 1. The molecule has 1 saturated heterocycles. The maximum atomic E-state index is 10.4. The number of aliphatic hydroxyl groups is 1. The molecule has 0 aromatic heterocycles. The highest BCUT2D eigenvalue weighted by molar-refractivity contribution is 6.21. The Hall–Kier alpha value is -0.0500. The van der Waals surface area contributed by atoms with Gasteiger partial charge in [-0.05, 0) is 26.2 Å². The third-order valence-electron chi connectivity index (χ3n) is 5.95. The summed E-state index contributed by atoms with van der Waals surface area (Å²) in [6.45, 7) is 10.7. The van der Waals surface area contributed by atoms with Crippen LogP contribution in [-0.2, 0) is 4.74 Å². The van der Waals surface area contributed by atoms with Gasteiger partial charge in [0.25, 0.3) is 0 Å². The zero-order valence-corrected chi connectivity index (χ0v) is 12.3. The molecule has 2 saturated carbocycles. The van der Waals surface area contributed by atoms with Crippen molar-refractivity contribution in [3.8, 4) is 0 Å². The molecule has 3 fully saturated rings. The molecular weight excluding hydrogens is 248 g/mol. The fourth-order valence-corrected chi connectivity index (χ4v) is 4.93. The Morgan fingerprint density at radius 1 is 1.28 bits per heavy atom. The molecule has 18 heavy (non-hydrogen) atoms. The van der Waals surface area contributed by atoms with Crippen LogP contribution in [0.15, 0.2) is 12.2 Å². The first-order chi connectivity index (χ1) is 8.22. The fourth-order valence-electron chi connectivity index (χ4n) is 4.59. The number of ether oxygens (including phenoxy) is 1. The highest BCUT2D eigenvalue weighted by Crippen LogP contribution is 2.67. The first-order valence-corrected chi connectivity index (χ1v) is 7.35. The van der Waals surface area contributed by atoms with E-state index in [1.807, 2.05) is 6.92 Å². The van der Waals surface area contributed by atoms with Crippen molar-refractivity contribution in [3.63, 3.8) is 0 Å². The van der Waals surface area contributed by atoms with Crippen molar-refractivity contribution in [2.75, 3.05) is 0 Å². The predicted molar refractivity (Wildman–Crippen MR) is 72.7 cm³/mol. The van der Waals surface area contributed by atoms with Crippen LogP contribution < -0.4 is 0 Å². The van der Waals surface area contributed by atoms with Gasteiger partial charge in [0.05, 0.1) is 23.2 Å². The second kappa shape index (κ2) is 3.53. The van der Waals surface area contributed by atoms with Crippen LogP contribution in [-0.4, -0.2) is 28.3 Å². The van der Waals surface area contributed by atoms with E-state index in [-0.39, 0.29) is 28.4 Å². The Morgan fingerprint density at radius 2 is 1.94 bits per heavy atom. The number of rotatable bonds is 0. The second-order valence-corrected chi connectivity index (χ2v) is 7.71. The topological polar surface area (TPSA) is 29.5 Å². The summed E-state index contributed by atoms with van der Waals surface area (Å²) in [6, 6.07) is 0. The molecule has 0 aromatic rings. The number of alkyl halides is 1. The molecule has 0 radical (unpaired) electrons. The van der Waals surface area contributed by atoms with Gasteiger partial charge in [-0.3, -0.25) is 0 Å². The molecular formula is C15H23ClO2. The summed E-state index contributed by atoms with van der Waals surface area (Å²) >= 11 is 6.46. The average Bonchev–Trinajstić information content (AvgIpc) is 2.38. The maximum Gasteiger partial charge on any atom is 0.0807 e. The molecule has 2 aliphatic carbocycles. The Kier molecular flexibility index (Phi) is 2.54. The number of fused-ring (bicyclic) bond motifs is 1. The lowest BCUT2D eigenvalue weighted by atomic mass is 9.49. The van der Waals surface area contributed by atoms with Crippen molar-refractivity contribution in [1.29, 1.82) is 0 Å². The molecule has 0 aromatic carbocycles. The Labute approximate surface area is 114 Å². The lowest BCUT2D eigenvalue weighted by Gasteiger charge is -2.55. The van der Waals surface area contributed by atoms with Crippen molar-refractivity contribution in [1.82, 2.24) is 0 Å². The summed E-state index contributed by atoms with van der Waals surface area (Å²) in [7, 11) is 0. The first-order valence-electron chi connectivity index (χ1n) is 6.92.